The average Bonchev–Trinajstić information content (AvgIpc) is 2.53. The molecular formula is C18H28N2O2. The van der Waals surface area contributed by atoms with Crippen molar-refractivity contribution in [1.82, 2.24) is 9.80 Å². The Morgan fingerprint density at radius 1 is 1.36 bits per heavy atom. The van der Waals surface area contributed by atoms with Gasteiger partial charge in [0.15, 0.2) is 0 Å². The Morgan fingerprint density at radius 2 is 2.09 bits per heavy atom. The van der Waals surface area contributed by atoms with Gasteiger partial charge < -0.3 is 10.0 Å². The van der Waals surface area contributed by atoms with Gasteiger partial charge in [-0.15, -0.1) is 0 Å². The number of piperidine rings is 1. The Labute approximate surface area is 133 Å². The van der Waals surface area contributed by atoms with Crippen LogP contribution in [-0.4, -0.2) is 53.1 Å². The Kier molecular flexibility index (Phi) is 6.40. The van der Waals surface area contributed by atoms with Gasteiger partial charge in [-0.05, 0) is 37.8 Å². The first-order valence-electron chi connectivity index (χ1n) is 8.32. The van der Waals surface area contributed by atoms with Gasteiger partial charge >= 0.3 is 0 Å². The van der Waals surface area contributed by atoms with E-state index in [0.717, 1.165) is 24.9 Å². The number of carbonyl (C=O) groups is 1. The molecule has 0 saturated carbocycles. The number of amides is 1. The second-order valence-corrected chi connectivity index (χ2v) is 6.23. The van der Waals surface area contributed by atoms with E-state index in [-0.39, 0.29) is 18.6 Å². The van der Waals surface area contributed by atoms with Crippen LogP contribution in [0.3, 0.4) is 0 Å². The molecule has 122 valence electrons. The summed E-state index contributed by atoms with van der Waals surface area (Å²) in [5.41, 5.74) is 1.16. The molecule has 1 aromatic carbocycles. The SMILES string of the molecule is CCN(Cc1ccccc1)C(=O)CN1CCCC(C)C1CO. The molecule has 0 aromatic heterocycles. The van der Waals surface area contributed by atoms with Gasteiger partial charge in [0, 0.05) is 19.1 Å². The zero-order valence-electron chi connectivity index (χ0n) is 13.7. The Hall–Kier alpha value is -1.39. The zero-order chi connectivity index (χ0) is 15.9. The number of aliphatic hydroxyl groups excluding tert-OH is 1. The van der Waals surface area contributed by atoms with Crippen molar-refractivity contribution >= 4 is 5.91 Å². The lowest BCUT2D eigenvalue weighted by Gasteiger charge is -2.39. The van der Waals surface area contributed by atoms with Crippen LogP contribution in [0.4, 0.5) is 0 Å². The van der Waals surface area contributed by atoms with Crippen molar-refractivity contribution in [3.63, 3.8) is 0 Å². The van der Waals surface area contributed by atoms with Crippen molar-refractivity contribution in [3.05, 3.63) is 35.9 Å². The molecule has 2 rings (SSSR count). The number of rotatable bonds is 6. The number of hydrogen-bond acceptors (Lipinski definition) is 3. The van der Waals surface area contributed by atoms with E-state index in [1.807, 2.05) is 30.0 Å². The van der Waals surface area contributed by atoms with Gasteiger partial charge in [-0.2, -0.15) is 0 Å². The lowest BCUT2D eigenvalue weighted by Crippen LogP contribution is -2.51. The minimum atomic E-state index is 0.119. The normalized spacial score (nSPS) is 22.5. The fraction of sp³-hybridized carbons (Fsp3) is 0.611. The van der Waals surface area contributed by atoms with Crippen molar-refractivity contribution < 1.29 is 9.90 Å². The van der Waals surface area contributed by atoms with E-state index in [9.17, 15) is 9.90 Å². The number of carbonyl (C=O) groups excluding carboxylic acids is 1. The fourth-order valence-corrected chi connectivity index (χ4v) is 3.28. The van der Waals surface area contributed by atoms with E-state index < -0.39 is 0 Å². The van der Waals surface area contributed by atoms with Crippen molar-refractivity contribution in [1.29, 1.82) is 0 Å². The van der Waals surface area contributed by atoms with Crippen LogP contribution >= 0.6 is 0 Å². The van der Waals surface area contributed by atoms with Crippen molar-refractivity contribution in [2.45, 2.75) is 39.3 Å². The number of aliphatic hydroxyl groups is 1. The second-order valence-electron chi connectivity index (χ2n) is 6.23. The van der Waals surface area contributed by atoms with Crippen LogP contribution in [-0.2, 0) is 11.3 Å². The summed E-state index contributed by atoms with van der Waals surface area (Å²) in [6.45, 7) is 7.01. The summed E-state index contributed by atoms with van der Waals surface area (Å²) in [7, 11) is 0. The Balaban J connectivity index is 1.96. The third kappa shape index (κ3) is 4.31. The molecule has 4 nitrogen and oxygen atoms in total. The Morgan fingerprint density at radius 3 is 2.73 bits per heavy atom. The van der Waals surface area contributed by atoms with E-state index in [4.69, 9.17) is 0 Å². The van der Waals surface area contributed by atoms with Crippen molar-refractivity contribution in [3.8, 4) is 0 Å². The first-order chi connectivity index (χ1) is 10.7. The minimum Gasteiger partial charge on any atom is -0.395 e. The van der Waals surface area contributed by atoms with Gasteiger partial charge in [0.2, 0.25) is 5.91 Å². The van der Waals surface area contributed by atoms with Gasteiger partial charge in [0.1, 0.15) is 0 Å². The quantitative estimate of drug-likeness (QED) is 0.875. The molecule has 0 spiro atoms. The molecule has 2 atom stereocenters. The van der Waals surface area contributed by atoms with E-state index in [0.29, 0.717) is 25.6 Å². The predicted molar refractivity (Wildman–Crippen MR) is 88.4 cm³/mol. The van der Waals surface area contributed by atoms with Crippen LogP contribution in [0.25, 0.3) is 0 Å². The highest BCUT2D eigenvalue weighted by molar-refractivity contribution is 5.78. The number of nitrogens with zero attached hydrogens (tertiary/aromatic N) is 2. The van der Waals surface area contributed by atoms with E-state index in [1.54, 1.807) is 0 Å². The third-order valence-corrected chi connectivity index (χ3v) is 4.71. The topological polar surface area (TPSA) is 43.8 Å². The van der Waals surface area contributed by atoms with Crippen LogP contribution in [0.15, 0.2) is 30.3 Å². The molecule has 0 aliphatic carbocycles. The molecule has 0 bridgehead atoms. The van der Waals surface area contributed by atoms with Crippen LogP contribution in [0.2, 0.25) is 0 Å². The van der Waals surface area contributed by atoms with Crippen LogP contribution < -0.4 is 0 Å². The maximum atomic E-state index is 12.6. The molecular weight excluding hydrogens is 276 g/mol. The summed E-state index contributed by atoms with van der Waals surface area (Å²) in [5.74, 6) is 0.606. The molecule has 4 heteroatoms. The van der Waals surface area contributed by atoms with Crippen molar-refractivity contribution in [2.24, 2.45) is 5.92 Å². The summed E-state index contributed by atoms with van der Waals surface area (Å²) in [5, 5.41) is 9.61. The van der Waals surface area contributed by atoms with E-state index in [2.05, 4.69) is 24.0 Å². The highest BCUT2D eigenvalue weighted by Gasteiger charge is 2.30. The lowest BCUT2D eigenvalue weighted by atomic mass is 9.91. The molecule has 1 N–H and O–H groups in total. The first kappa shape index (κ1) is 17.0. The molecule has 1 heterocycles. The maximum absolute atomic E-state index is 12.6. The third-order valence-electron chi connectivity index (χ3n) is 4.71. The van der Waals surface area contributed by atoms with Crippen LogP contribution in [0.5, 0.6) is 0 Å². The molecule has 1 fully saturated rings. The molecule has 1 aliphatic rings. The zero-order valence-corrected chi connectivity index (χ0v) is 13.7. The highest BCUT2D eigenvalue weighted by Crippen LogP contribution is 2.22. The van der Waals surface area contributed by atoms with Gasteiger partial charge in [-0.3, -0.25) is 9.69 Å². The molecule has 1 saturated heterocycles. The summed E-state index contributed by atoms with van der Waals surface area (Å²) < 4.78 is 0. The van der Waals surface area contributed by atoms with Crippen LogP contribution in [0.1, 0.15) is 32.3 Å². The first-order valence-corrected chi connectivity index (χ1v) is 8.32. The summed E-state index contributed by atoms with van der Waals surface area (Å²) in [4.78, 5) is 16.7. The average molecular weight is 304 g/mol. The number of hydrogen-bond donors (Lipinski definition) is 1. The monoisotopic (exact) mass is 304 g/mol. The minimum absolute atomic E-state index is 0.119. The van der Waals surface area contributed by atoms with Gasteiger partial charge in [-0.1, -0.05) is 37.3 Å². The summed E-state index contributed by atoms with van der Waals surface area (Å²) in [6, 6.07) is 10.2. The number of likely N-dealkylation sites (N-methyl/N-ethyl adjacent to an activating group) is 1. The highest BCUT2D eigenvalue weighted by atomic mass is 16.3. The molecule has 0 radical (unpaired) electrons. The van der Waals surface area contributed by atoms with Crippen LogP contribution in [0, 0.1) is 5.92 Å². The molecule has 1 aromatic rings. The molecule has 2 unspecified atom stereocenters. The second kappa shape index (κ2) is 8.30. The van der Waals surface area contributed by atoms with Crippen molar-refractivity contribution in [2.75, 3.05) is 26.2 Å². The lowest BCUT2D eigenvalue weighted by molar-refractivity contribution is -0.134. The molecule has 1 aliphatic heterocycles. The summed E-state index contributed by atoms with van der Waals surface area (Å²) >= 11 is 0. The van der Waals surface area contributed by atoms with E-state index in [1.165, 1.54) is 0 Å². The largest absolute Gasteiger partial charge is 0.395 e. The number of benzene rings is 1. The van der Waals surface area contributed by atoms with E-state index >= 15 is 0 Å². The Bertz CT molecular complexity index is 463. The molecule has 22 heavy (non-hydrogen) atoms. The smallest absolute Gasteiger partial charge is 0.237 e. The predicted octanol–water partition coefficient (Wildman–Crippen LogP) is 2.13. The number of likely N-dealkylation sites (tertiary alicyclic amines) is 1. The molecule has 1 amide bonds. The van der Waals surface area contributed by atoms with Gasteiger partial charge in [-0.25, -0.2) is 0 Å². The summed E-state index contributed by atoms with van der Waals surface area (Å²) in [6.07, 6.45) is 2.24. The van der Waals surface area contributed by atoms with Gasteiger partial charge in [0.05, 0.1) is 13.2 Å². The van der Waals surface area contributed by atoms with Gasteiger partial charge in [0.25, 0.3) is 0 Å². The standard InChI is InChI=1S/C18H28N2O2/c1-3-19(12-16-9-5-4-6-10-16)18(22)13-20-11-7-8-15(2)17(20)14-21/h4-6,9-10,15,17,21H,3,7-8,11-14H2,1-2H3. The maximum Gasteiger partial charge on any atom is 0.237 e. The fourth-order valence-electron chi connectivity index (χ4n) is 3.28.